The number of benzene rings is 2. The molecule has 38 heavy (non-hydrogen) atoms. The Bertz CT molecular complexity index is 1600. The average Bonchev–Trinajstić information content (AvgIpc) is 3.32. The molecular formula is C27H19F4N5O2. The van der Waals surface area contributed by atoms with Crippen LogP contribution in [-0.2, 0) is 15.7 Å². The Hall–Kier alpha value is -4.67. The van der Waals surface area contributed by atoms with E-state index in [0.29, 0.717) is 22.5 Å². The monoisotopic (exact) mass is 521 g/mol. The molecule has 0 bridgehead atoms. The molecule has 192 valence electrons. The first kappa shape index (κ1) is 25.0. The van der Waals surface area contributed by atoms with E-state index < -0.39 is 29.6 Å². The van der Waals surface area contributed by atoms with Crippen molar-refractivity contribution in [3.05, 3.63) is 95.7 Å². The number of imidazole rings is 1. The number of ether oxygens (including phenoxy) is 1. The Labute approximate surface area is 214 Å². The van der Waals surface area contributed by atoms with Crippen molar-refractivity contribution in [2.75, 3.05) is 7.11 Å². The molecule has 0 radical (unpaired) electrons. The van der Waals surface area contributed by atoms with Crippen molar-refractivity contribution in [2.24, 2.45) is 0 Å². The lowest BCUT2D eigenvalue weighted by Gasteiger charge is -2.18. The van der Waals surface area contributed by atoms with Crippen molar-refractivity contribution in [3.8, 4) is 34.0 Å². The zero-order valence-corrected chi connectivity index (χ0v) is 20.1. The molecule has 2 aliphatic heterocycles. The van der Waals surface area contributed by atoms with E-state index in [-0.39, 0.29) is 22.6 Å². The predicted molar refractivity (Wildman–Crippen MR) is 129 cm³/mol. The van der Waals surface area contributed by atoms with Crippen molar-refractivity contribution >= 4 is 5.97 Å². The highest BCUT2D eigenvalue weighted by atomic mass is 19.4. The van der Waals surface area contributed by atoms with Crippen molar-refractivity contribution in [3.63, 3.8) is 0 Å². The minimum atomic E-state index is -4.56. The smallest absolute Gasteiger partial charge is 0.417 e. The first-order valence-electron chi connectivity index (χ1n) is 11.3. The number of aromatic nitrogens is 5. The number of alkyl halides is 3. The maximum Gasteiger partial charge on any atom is 0.417 e. The minimum Gasteiger partial charge on any atom is -0.467 e. The molecular weight excluding hydrogens is 502 g/mol. The molecule has 2 aromatic carbocycles. The third-order valence-electron chi connectivity index (χ3n) is 5.95. The van der Waals surface area contributed by atoms with E-state index in [0.717, 1.165) is 6.07 Å². The maximum atomic E-state index is 14.2. The third-order valence-corrected chi connectivity index (χ3v) is 5.95. The summed E-state index contributed by atoms with van der Waals surface area (Å²) >= 11 is 0. The first-order chi connectivity index (χ1) is 18.2. The number of esters is 1. The van der Waals surface area contributed by atoms with Gasteiger partial charge in [0.1, 0.15) is 17.2 Å². The van der Waals surface area contributed by atoms with Gasteiger partial charge in [0, 0.05) is 17.3 Å². The Balaban J connectivity index is 1.53. The van der Waals surface area contributed by atoms with Gasteiger partial charge in [-0.1, -0.05) is 35.9 Å². The molecule has 5 rings (SSSR count). The Morgan fingerprint density at radius 2 is 1.71 bits per heavy atom. The molecule has 0 aliphatic carbocycles. The number of halogens is 4. The van der Waals surface area contributed by atoms with Crippen LogP contribution in [0.15, 0.2) is 73.2 Å². The second kappa shape index (κ2) is 9.66. The molecule has 0 amide bonds. The van der Waals surface area contributed by atoms with Gasteiger partial charge in [0.25, 0.3) is 0 Å². The number of carbonyl (C=O) groups is 1. The lowest BCUT2D eigenvalue weighted by atomic mass is 10.00. The number of rotatable bonds is 5. The molecule has 1 atom stereocenters. The third kappa shape index (κ3) is 4.70. The zero-order valence-electron chi connectivity index (χ0n) is 20.1. The normalized spacial score (nSPS) is 12.5. The first-order valence-corrected chi connectivity index (χ1v) is 11.3. The van der Waals surface area contributed by atoms with Gasteiger partial charge >= 0.3 is 12.1 Å². The second-order valence-electron chi connectivity index (χ2n) is 8.50. The molecule has 1 aromatic heterocycles. The van der Waals surface area contributed by atoms with Gasteiger partial charge in [-0.05, 0) is 31.2 Å². The van der Waals surface area contributed by atoms with Crippen LogP contribution < -0.4 is 0 Å². The maximum absolute atomic E-state index is 14.2. The van der Waals surface area contributed by atoms with Crippen LogP contribution in [0.5, 0.6) is 0 Å². The molecule has 0 spiro atoms. The van der Waals surface area contributed by atoms with Crippen LogP contribution in [0.25, 0.3) is 34.0 Å². The fourth-order valence-corrected chi connectivity index (χ4v) is 4.09. The van der Waals surface area contributed by atoms with E-state index in [2.05, 4.69) is 20.1 Å². The van der Waals surface area contributed by atoms with E-state index >= 15 is 0 Å². The lowest BCUT2D eigenvalue weighted by Crippen LogP contribution is -2.24. The Morgan fingerprint density at radius 3 is 2.39 bits per heavy atom. The van der Waals surface area contributed by atoms with E-state index in [1.807, 2.05) is 0 Å². The molecule has 0 fully saturated rings. The second-order valence-corrected chi connectivity index (χ2v) is 8.50. The van der Waals surface area contributed by atoms with Gasteiger partial charge in [-0.15, -0.1) is 0 Å². The average molecular weight is 521 g/mol. The van der Waals surface area contributed by atoms with Crippen LogP contribution in [0, 0.1) is 12.7 Å². The summed E-state index contributed by atoms with van der Waals surface area (Å²) in [4.78, 5) is 25.7. The van der Waals surface area contributed by atoms with Crippen LogP contribution in [0.4, 0.5) is 17.6 Å². The van der Waals surface area contributed by atoms with E-state index in [4.69, 9.17) is 4.74 Å². The fraction of sp³-hybridized carbons (Fsp3) is 0.148. The van der Waals surface area contributed by atoms with Crippen molar-refractivity contribution < 1.29 is 27.1 Å². The van der Waals surface area contributed by atoms with Crippen LogP contribution in [0.1, 0.15) is 22.7 Å². The molecule has 11 heteroatoms. The standard InChI is InChI=1S/C27H19F4N5O2/c1-15-7-9-17(19(11-15)27(29,30)31)21-10-8-16(12-32-21)24(26(37)38-2)36-14-23-22(13-33-36)34-25(35-23)18-5-3-4-6-20(18)28/h3-14,24H,1-2H3. The summed E-state index contributed by atoms with van der Waals surface area (Å²) in [7, 11) is 1.21. The molecule has 3 aromatic rings. The largest absolute Gasteiger partial charge is 0.467 e. The van der Waals surface area contributed by atoms with Crippen LogP contribution in [0.3, 0.4) is 0 Å². The van der Waals surface area contributed by atoms with Crippen LogP contribution >= 0.6 is 0 Å². The Morgan fingerprint density at radius 1 is 0.947 bits per heavy atom. The number of carbonyl (C=O) groups excluding carboxylic acids is 1. The molecule has 2 aliphatic rings. The van der Waals surface area contributed by atoms with Gasteiger partial charge in [-0.2, -0.15) is 18.3 Å². The van der Waals surface area contributed by atoms with Gasteiger partial charge in [0.05, 0.1) is 36.3 Å². The number of aryl methyl sites for hydroxylation is 1. The van der Waals surface area contributed by atoms with Gasteiger partial charge < -0.3 is 4.74 Å². The summed E-state index contributed by atoms with van der Waals surface area (Å²) in [6, 6.07) is 11.9. The number of hydrogen-bond donors (Lipinski definition) is 0. The topological polar surface area (TPSA) is 82.8 Å². The molecule has 1 unspecified atom stereocenters. The van der Waals surface area contributed by atoms with Crippen molar-refractivity contribution in [1.82, 2.24) is 24.7 Å². The SMILES string of the molecule is COC(=O)C(c1ccc(-c2ccc(C)cc2C(F)(F)F)nc1)n1cc2nc(-c3ccccc3F)nc-2cn1. The summed E-state index contributed by atoms with van der Waals surface area (Å²) in [5, 5.41) is 4.26. The summed E-state index contributed by atoms with van der Waals surface area (Å²) in [5.74, 6) is -1.00. The minimum absolute atomic E-state index is 0.0794. The zero-order chi connectivity index (χ0) is 27.0. The van der Waals surface area contributed by atoms with E-state index in [1.165, 1.54) is 54.6 Å². The number of nitrogens with zero attached hydrogens (tertiary/aromatic N) is 5. The van der Waals surface area contributed by atoms with Gasteiger partial charge in [0.2, 0.25) is 0 Å². The summed E-state index contributed by atoms with van der Waals surface area (Å²) in [6.45, 7) is 1.58. The van der Waals surface area contributed by atoms with E-state index in [9.17, 15) is 22.4 Å². The number of pyridine rings is 1. The molecule has 7 nitrogen and oxygen atoms in total. The summed E-state index contributed by atoms with van der Waals surface area (Å²) in [5.41, 5.74) is 0.959. The summed E-state index contributed by atoms with van der Waals surface area (Å²) in [6.07, 6.45) is -0.416. The molecule has 0 saturated heterocycles. The van der Waals surface area contributed by atoms with Gasteiger partial charge in [0.15, 0.2) is 11.9 Å². The van der Waals surface area contributed by atoms with Gasteiger partial charge in [-0.25, -0.2) is 19.2 Å². The number of fused-ring (bicyclic) bond motifs is 1. The fourth-order valence-electron chi connectivity index (χ4n) is 4.09. The molecule has 0 saturated carbocycles. The number of methoxy groups -OCH3 is 1. The lowest BCUT2D eigenvalue weighted by molar-refractivity contribution is -0.143. The number of hydrogen-bond acceptors (Lipinski definition) is 6. The Kier molecular flexibility index (Phi) is 6.35. The van der Waals surface area contributed by atoms with Crippen molar-refractivity contribution in [1.29, 1.82) is 0 Å². The van der Waals surface area contributed by atoms with Crippen molar-refractivity contribution in [2.45, 2.75) is 19.1 Å². The predicted octanol–water partition coefficient (Wildman–Crippen LogP) is 5.74. The van der Waals surface area contributed by atoms with Gasteiger partial charge in [-0.3, -0.25) is 9.67 Å². The molecule has 0 N–H and O–H groups in total. The summed E-state index contributed by atoms with van der Waals surface area (Å²) < 4.78 is 61.3. The van der Waals surface area contributed by atoms with Crippen LogP contribution in [-0.4, -0.2) is 37.8 Å². The highest BCUT2D eigenvalue weighted by Gasteiger charge is 2.34. The highest BCUT2D eigenvalue weighted by molar-refractivity contribution is 5.78. The van der Waals surface area contributed by atoms with Crippen LogP contribution in [0.2, 0.25) is 0 Å². The van der Waals surface area contributed by atoms with E-state index in [1.54, 1.807) is 31.2 Å². The molecule has 3 heterocycles. The quantitative estimate of drug-likeness (QED) is 0.217. The highest BCUT2D eigenvalue weighted by Crippen LogP contribution is 2.37.